The smallest absolute Gasteiger partial charge is 0.143 e. The molecule has 0 unspecified atom stereocenters. The van der Waals surface area contributed by atoms with Crippen LogP contribution in [0.3, 0.4) is 0 Å². The molecule has 0 atom stereocenters. The summed E-state index contributed by atoms with van der Waals surface area (Å²) >= 11 is 0. The molecule has 80 valence electrons. The van der Waals surface area contributed by atoms with Crippen LogP contribution in [0, 0.1) is 0 Å². The molecule has 0 aromatic heterocycles. The molecule has 2 heteroatoms. The van der Waals surface area contributed by atoms with E-state index in [-0.39, 0.29) is 5.78 Å². The molecule has 0 radical (unpaired) electrons. The second kappa shape index (κ2) is 5.97. The molecule has 0 heterocycles. The minimum atomic E-state index is 0.262. The van der Waals surface area contributed by atoms with Crippen LogP contribution in [0.25, 0.3) is 0 Å². The number of carbonyl (C=O) groups is 1. The highest BCUT2D eigenvalue weighted by Gasteiger charge is 2.20. The van der Waals surface area contributed by atoms with Gasteiger partial charge in [-0.1, -0.05) is 25.3 Å². The van der Waals surface area contributed by atoms with Crippen LogP contribution in [-0.4, -0.2) is 29.8 Å². The van der Waals surface area contributed by atoms with Crippen LogP contribution in [0.1, 0.15) is 39.0 Å². The molecule has 2 nitrogen and oxygen atoms in total. The number of hydrogen-bond acceptors (Lipinski definition) is 2. The standard InChI is InChI=1S/C12H21NO/c1-3-9-13(10-11(2)14)12-7-5-4-6-8-12/h3,12H,1,4-10H2,2H3. The number of hydrogen-bond donors (Lipinski definition) is 0. The summed E-state index contributed by atoms with van der Waals surface area (Å²) in [5.74, 6) is 0.262. The molecule has 1 fully saturated rings. The summed E-state index contributed by atoms with van der Waals surface area (Å²) in [6, 6.07) is 0.616. The van der Waals surface area contributed by atoms with E-state index in [0.29, 0.717) is 12.6 Å². The normalized spacial score (nSPS) is 18.4. The Labute approximate surface area is 87.0 Å². The maximum Gasteiger partial charge on any atom is 0.143 e. The van der Waals surface area contributed by atoms with Gasteiger partial charge in [0.1, 0.15) is 5.78 Å². The van der Waals surface area contributed by atoms with Gasteiger partial charge in [-0.15, -0.1) is 6.58 Å². The highest BCUT2D eigenvalue weighted by atomic mass is 16.1. The number of nitrogens with zero attached hydrogens (tertiary/aromatic N) is 1. The first-order valence-electron chi connectivity index (χ1n) is 5.58. The SMILES string of the molecule is C=CCN(CC(C)=O)C1CCCCC1. The third-order valence-corrected chi connectivity index (χ3v) is 2.88. The Bertz CT molecular complexity index is 194. The molecular weight excluding hydrogens is 174 g/mol. The molecule has 1 rings (SSSR count). The van der Waals surface area contributed by atoms with E-state index in [0.717, 1.165) is 6.54 Å². The molecule has 0 amide bonds. The van der Waals surface area contributed by atoms with Gasteiger partial charge in [0.2, 0.25) is 0 Å². The van der Waals surface area contributed by atoms with Crippen molar-refractivity contribution in [3.05, 3.63) is 12.7 Å². The van der Waals surface area contributed by atoms with E-state index in [1.807, 2.05) is 6.08 Å². The Morgan fingerprint density at radius 2 is 2.07 bits per heavy atom. The third-order valence-electron chi connectivity index (χ3n) is 2.88. The fourth-order valence-corrected chi connectivity index (χ4v) is 2.24. The zero-order valence-corrected chi connectivity index (χ0v) is 9.17. The fourth-order valence-electron chi connectivity index (χ4n) is 2.24. The van der Waals surface area contributed by atoms with E-state index in [1.165, 1.54) is 32.1 Å². The molecule has 0 spiro atoms. The van der Waals surface area contributed by atoms with Crippen LogP contribution in [0.5, 0.6) is 0 Å². The van der Waals surface area contributed by atoms with Crippen molar-refractivity contribution >= 4 is 5.78 Å². The summed E-state index contributed by atoms with van der Waals surface area (Å²) in [6.45, 7) is 6.86. The first-order valence-corrected chi connectivity index (χ1v) is 5.58. The van der Waals surface area contributed by atoms with E-state index < -0.39 is 0 Å². The minimum Gasteiger partial charge on any atom is -0.299 e. The predicted molar refractivity (Wildman–Crippen MR) is 59.3 cm³/mol. The van der Waals surface area contributed by atoms with Gasteiger partial charge in [-0.2, -0.15) is 0 Å². The summed E-state index contributed by atoms with van der Waals surface area (Å²) in [6.07, 6.45) is 8.39. The Morgan fingerprint density at radius 1 is 1.43 bits per heavy atom. The summed E-state index contributed by atoms with van der Waals surface area (Å²) in [5.41, 5.74) is 0. The van der Waals surface area contributed by atoms with E-state index in [9.17, 15) is 4.79 Å². The minimum absolute atomic E-state index is 0.262. The van der Waals surface area contributed by atoms with Gasteiger partial charge in [-0.25, -0.2) is 0 Å². The van der Waals surface area contributed by atoms with Crippen molar-refractivity contribution in [3.63, 3.8) is 0 Å². The van der Waals surface area contributed by atoms with Gasteiger partial charge >= 0.3 is 0 Å². The van der Waals surface area contributed by atoms with Crippen molar-refractivity contribution in [2.45, 2.75) is 45.1 Å². The monoisotopic (exact) mass is 195 g/mol. The van der Waals surface area contributed by atoms with Gasteiger partial charge in [0.15, 0.2) is 0 Å². The van der Waals surface area contributed by atoms with Crippen LogP contribution in [0.2, 0.25) is 0 Å². The second-order valence-corrected chi connectivity index (χ2v) is 4.21. The molecule has 1 saturated carbocycles. The van der Waals surface area contributed by atoms with Crippen molar-refractivity contribution in [1.82, 2.24) is 4.90 Å². The van der Waals surface area contributed by atoms with Crippen LogP contribution in [0.4, 0.5) is 0 Å². The molecular formula is C12H21NO. The lowest BCUT2D eigenvalue weighted by atomic mass is 9.94. The topological polar surface area (TPSA) is 20.3 Å². The number of rotatable bonds is 5. The largest absolute Gasteiger partial charge is 0.299 e. The maximum absolute atomic E-state index is 11.1. The van der Waals surface area contributed by atoms with Crippen molar-refractivity contribution in [1.29, 1.82) is 0 Å². The molecule has 0 bridgehead atoms. The molecule has 0 aromatic rings. The first kappa shape index (κ1) is 11.4. The van der Waals surface area contributed by atoms with Gasteiger partial charge in [-0.3, -0.25) is 9.69 Å². The van der Waals surface area contributed by atoms with Crippen molar-refractivity contribution < 1.29 is 4.79 Å². The molecule has 14 heavy (non-hydrogen) atoms. The predicted octanol–water partition coefficient (Wildman–Crippen LogP) is 2.40. The van der Waals surface area contributed by atoms with Crippen LogP contribution >= 0.6 is 0 Å². The lowest BCUT2D eigenvalue weighted by Gasteiger charge is -2.32. The Morgan fingerprint density at radius 3 is 2.57 bits per heavy atom. The lowest BCUT2D eigenvalue weighted by molar-refractivity contribution is -0.118. The summed E-state index contributed by atoms with van der Waals surface area (Å²) in [4.78, 5) is 13.4. The zero-order valence-electron chi connectivity index (χ0n) is 9.17. The van der Waals surface area contributed by atoms with Crippen LogP contribution < -0.4 is 0 Å². The van der Waals surface area contributed by atoms with Crippen LogP contribution in [0.15, 0.2) is 12.7 Å². The lowest BCUT2D eigenvalue weighted by Crippen LogP contribution is -2.39. The van der Waals surface area contributed by atoms with Gasteiger partial charge in [0.05, 0.1) is 6.54 Å². The average molecular weight is 195 g/mol. The Hall–Kier alpha value is -0.630. The molecule has 1 aliphatic carbocycles. The van der Waals surface area contributed by atoms with E-state index in [1.54, 1.807) is 6.92 Å². The van der Waals surface area contributed by atoms with Gasteiger partial charge in [0, 0.05) is 12.6 Å². The quantitative estimate of drug-likeness (QED) is 0.628. The molecule has 0 aliphatic heterocycles. The Kier molecular flexibility index (Phi) is 4.88. The zero-order chi connectivity index (χ0) is 10.4. The van der Waals surface area contributed by atoms with Crippen molar-refractivity contribution in [2.24, 2.45) is 0 Å². The molecule has 0 saturated heterocycles. The fraction of sp³-hybridized carbons (Fsp3) is 0.750. The van der Waals surface area contributed by atoms with Gasteiger partial charge < -0.3 is 0 Å². The van der Waals surface area contributed by atoms with E-state index in [4.69, 9.17) is 0 Å². The third kappa shape index (κ3) is 3.62. The maximum atomic E-state index is 11.1. The molecule has 0 aromatic carbocycles. The highest BCUT2D eigenvalue weighted by Crippen LogP contribution is 2.22. The first-order chi connectivity index (χ1) is 6.74. The summed E-state index contributed by atoms with van der Waals surface area (Å²) in [7, 11) is 0. The van der Waals surface area contributed by atoms with Crippen molar-refractivity contribution in [3.8, 4) is 0 Å². The second-order valence-electron chi connectivity index (χ2n) is 4.21. The number of Topliss-reactive ketones (excluding diaryl/α,β-unsaturated/α-hetero) is 1. The molecule has 0 N–H and O–H groups in total. The summed E-state index contributed by atoms with van der Waals surface area (Å²) in [5, 5.41) is 0. The van der Waals surface area contributed by atoms with Gasteiger partial charge in [0.25, 0.3) is 0 Å². The van der Waals surface area contributed by atoms with Gasteiger partial charge in [-0.05, 0) is 19.8 Å². The summed E-state index contributed by atoms with van der Waals surface area (Å²) < 4.78 is 0. The van der Waals surface area contributed by atoms with E-state index >= 15 is 0 Å². The Balaban J connectivity index is 2.46. The van der Waals surface area contributed by atoms with Crippen molar-refractivity contribution in [2.75, 3.05) is 13.1 Å². The average Bonchev–Trinajstić information content (AvgIpc) is 2.18. The number of carbonyl (C=O) groups excluding carboxylic acids is 1. The van der Waals surface area contributed by atoms with E-state index in [2.05, 4.69) is 11.5 Å². The highest BCUT2D eigenvalue weighted by molar-refractivity contribution is 5.77. The molecule has 1 aliphatic rings. The van der Waals surface area contributed by atoms with Crippen LogP contribution in [-0.2, 0) is 4.79 Å². The number of ketones is 1.